The lowest BCUT2D eigenvalue weighted by Crippen LogP contribution is -2.30. The zero-order valence-corrected chi connectivity index (χ0v) is 10.8. The van der Waals surface area contributed by atoms with Crippen molar-refractivity contribution in [2.45, 2.75) is 32.8 Å². The second-order valence-corrected chi connectivity index (χ2v) is 5.65. The standard InChI is InChI=1S/C13H16N2O4/c1-13(2)4-8-10(9(16)5-13)6(12(18)19)3-7(15-8)11(14)17/h3,9,16H,4-5H2,1-2H3,(H2,14,17)(H,18,19). The summed E-state index contributed by atoms with van der Waals surface area (Å²) in [7, 11) is 0. The Kier molecular flexibility index (Phi) is 3.06. The van der Waals surface area contributed by atoms with E-state index in [0.29, 0.717) is 24.1 Å². The van der Waals surface area contributed by atoms with E-state index in [1.807, 2.05) is 13.8 Å². The zero-order valence-electron chi connectivity index (χ0n) is 10.8. The van der Waals surface area contributed by atoms with Crippen LogP contribution in [0.15, 0.2) is 6.07 Å². The summed E-state index contributed by atoms with van der Waals surface area (Å²) < 4.78 is 0. The van der Waals surface area contributed by atoms with Crippen molar-refractivity contribution in [1.29, 1.82) is 0 Å². The molecule has 1 aromatic heterocycles. The molecule has 2 rings (SSSR count). The summed E-state index contributed by atoms with van der Waals surface area (Å²) in [5.41, 5.74) is 5.53. The van der Waals surface area contributed by atoms with Crippen molar-refractivity contribution >= 4 is 11.9 Å². The molecule has 1 aromatic rings. The van der Waals surface area contributed by atoms with Crippen LogP contribution in [-0.2, 0) is 6.42 Å². The molecule has 0 saturated carbocycles. The van der Waals surface area contributed by atoms with E-state index in [1.54, 1.807) is 0 Å². The number of hydrogen-bond donors (Lipinski definition) is 3. The van der Waals surface area contributed by atoms with Gasteiger partial charge in [0.15, 0.2) is 0 Å². The first-order valence-corrected chi connectivity index (χ1v) is 5.96. The number of nitrogens with zero attached hydrogens (tertiary/aromatic N) is 1. The topological polar surface area (TPSA) is 114 Å². The van der Waals surface area contributed by atoms with Crippen molar-refractivity contribution in [2.24, 2.45) is 11.1 Å². The number of aromatic nitrogens is 1. The largest absolute Gasteiger partial charge is 0.478 e. The van der Waals surface area contributed by atoms with Gasteiger partial charge in [0.05, 0.1) is 11.7 Å². The molecule has 0 spiro atoms. The summed E-state index contributed by atoms with van der Waals surface area (Å²) in [6, 6.07) is 1.13. The number of carbonyl (C=O) groups is 2. The Morgan fingerprint density at radius 2 is 2.11 bits per heavy atom. The summed E-state index contributed by atoms with van der Waals surface area (Å²) in [6.45, 7) is 3.91. The van der Waals surface area contributed by atoms with Crippen LogP contribution in [0.2, 0.25) is 0 Å². The minimum absolute atomic E-state index is 0.0824. The Balaban J connectivity index is 2.68. The van der Waals surface area contributed by atoms with Crippen LogP contribution in [0.5, 0.6) is 0 Å². The van der Waals surface area contributed by atoms with Gasteiger partial charge < -0.3 is 15.9 Å². The van der Waals surface area contributed by atoms with E-state index < -0.39 is 18.0 Å². The monoisotopic (exact) mass is 264 g/mol. The number of aliphatic hydroxyl groups excluding tert-OH is 1. The fourth-order valence-corrected chi connectivity index (χ4v) is 2.57. The average molecular weight is 264 g/mol. The molecule has 6 nitrogen and oxygen atoms in total. The van der Waals surface area contributed by atoms with Crippen LogP contribution < -0.4 is 5.73 Å². The Hall–Kier alpha value is -1.95. The highest BCUT2D eigenvalue weighted by Gasteiger charge is 2.35. The molecule has 4 N–H and O–H groups in total. The number of carboxylic acids is 1. The molecule has 0 radical (unpaired) electrons. The predicted molar refractivity (Wildman–Crippen MR) is 66.8 cm³/mol. The lowest BCUT2D eigenvalue weighted by atomic mass is 9.73. The number of fused-ring (bicyclic) bond motifs is 1. The van der Waals surface area contributed by atoms with Gasteiger partial charge >= 0.3 is 5.97 Å². The molecule has 1 amide bonds. The van der Waals surface area contributed by atoms with E-state index in [9.17, 15) is 19.8 Å². The van der Waals surface area contributed by atoms with E-state index in [2.05, 4.69) is 4.98 Å². The highest BCUT2D eigenvalue weighted by Crippen LogP contribution is 2.41. The van der Waals surface area contributed by atoms with Crippen molar-refractivity contribution in [2.75, 3.05) is 0 Å². The zero-order chi connectivity index (χ0) is 14.4. The van der Waals surface area contributed by atoms with E-state index in [-0.39, 0.29) is 16.7 Å². The Morgan fingerprint density at radius 3 is 2.63 bits per heavy atom. The van der Waals surface area contributed by atoms with Crippen LogP contribution in [0, 0.1) is 5.41 Å². The molecular weight excluding hydrogens is 248 g/mol. The SMILES string of the molecule is CC1(C)Cc2nc(C(N)=O)cc(C(=O)O)c2C(O)C1. The van der Waals surface area contributed by atoms with Crippen LogP contribution in [-0.4, -0.2) is 27.1 Å². The van der Waals surface area contributed by atoms with Crippen molar-refractivity contribution in [3.8, 4) is 0 Å². The van der Waals surface area contributed by atoms with Gasteiger partial charge in [-0.2, -0.15) is 0 Å². The number of carbonyl (C=O) groups excluding carboxylic acids is 1. The number of pyridine rings is 1. The maximum Gasteiger partial charge on any atom is 0.336 e. The number of aromatic carboxylic acids is 1. The molecule has 0 saturated heterocycles. The molecular formula is C13H16N2O4. The molecule has 0 aliphatic heterocycles. The maximum absolute atomic E-state index is 11.3. The maximum atomic E-state index is 11.3. The summed E-state index contributed by atoms with van der Waals surface area (Å²) >= 11 is 0. The highest BCUT2D eigenvalue weighted by molar-refractivity contribution is 5.96. The van der Waals surface area contributed by atoms with E-state index in [4.69, 9.17) is 5.73 Å². The summed E-state index contributed by atoms with van der Waals surface area (Å²) in [4.78, 5) is 26.6. The Bertz CT molecular complexity index is 566. The molecule has 19 heavy (non-hydrogen) atoms. The van der Waals surface area contributed by atoms with Crippen LogP contribution >= 0.6 is 0 Å². The quantitative estimate of drug-likeness (QED) is 0.733. The predicted octanol–water partition coefficient (Wildman–Crippen LogP) is 0.885. The molecule has 1 heterocycles. The van der Waals surface area contributed by atoms with Gasteiger partial charge in [-0.05, 0) is 24.3 Å². The van der Waals surface area contributed by atoms with E-state index in [0.717, 1.165) is 6.07 Å². The average Bonchev–Trinajstić information content (AvgIpc) is 2.24. The minimum Gasteiger partial charge on any atom is -0.478 e. The third kappa shape index (κ3) is 2.44. The van der Waals surface area contributed by atoms with Crippen LogP contribution in [0.4, 0.5) is 0 Å². The van der Waals surface area contributed by atoms with Gasteiger partial charge in [-0.25, -0.2) is 9.78 Å². The van der Waals surface area contributed by atoms with Crippen LogP contribution in [0.3, 0.4) is 0 Å². The number of hydrogen-bond acceptors (Lipinski definition) is 4. The van der Waals surface area contributed by atoms with Crippen molar-refractivity contribution in [1.82, 2.24) is 4.98 Å². The van der Waals surface area contributed by atoms with Crippen molar-refractivity contribution in [3.05, 3.63) is 28.6 Å². The fourth-order valence-electron chi connectivity index (χ4n) is 2.57. The molecule has 102 valence electrons. The van der Waals surface area contributed by atoms with Gasteiger partial charge in [0.2, 0.25) is 0 Å². The van der Waals surface area contributed by atoms with E-state index in [1.165, 1.54) is 0 Å². The van der Waals surface area contributed by atoms with Gasteiger partial charge in [0.25, 0.3) is 5.91 Å². The van der Waals surface area contributed by atoms with Crippen LogP contribution in [0.25, 0.3) is 0 Å². The van der Waals surface area contributed by atoms with Gasteiger partial charge in [0.1, 0.15) is 5.69 Å². The molecule has 1 aliphatic rings. The summed E-state index contributed by atoms with van der Waals surface area (Å²) in [5, 5.41) is 19.3. The first-order chi connectivity index (χ1) is 8.71. The second-order valence-electron chi connectivity index (χ2n) is 5.65. The number of carboxylic acid groups (broad SMARTS) is 1. The molecule has 6 heteroatoms. The van der Waals surface area contributed by atoms with E-state index >= 15 is 0 Å². The third-order valence-corrected chi connectivity index (χ3v) is 3.35. The first-order valence-electron chi connectivity index (χ1n) is 5.96. The number of aliphatic hydroxyl groups is 1. The second kappa shape index (κ2) is 4.31. The van der Waals surface area contributed by atoms with Gasteiger partial charge in [0, 0.05) is 11.3 Å². The van der Waals surface area contributed by atoms with Crippen molar-refractivity contribution < 1.29 is 19.8 Å². The molecule has 1 aliphatic carbocycles. The first kappa shape index (κ1) is 13.5. The lowest BCUT2D eigenvalue weighted by molar-refractivity contribution is 0.0666. The summed E-state index contributed by atoms with van der Waals surface area (Å²) in [5.74, 6) is -1.97. The van der Waals surface area contributed by atoms with Crippen molar-refractivity contribution in [3.63, 3.8) is 0 Å². The fraction of sp³-hybridized carbons (Fsp3) is 0.462. The molecule has 0 bridgehead atoms. The Labute approximate surface area is 110 Å². The normalized spacial score (nSPS) is 20.7. The molecule has 0 fully saturated rings. The summed E-state index contributed by atoms with van der Waals surface area (Å²) in [6.07, 6.45) is 0.0675. The molecule has 1 unspecified atom stereocenters. The van der Waals surface area contributed by atoms with Crippen LogP contribution in [0.1, 0.15) is 58.5 Å². The number of nitrogens with two attached hydrogens (primary N) is 1. The number of amides is 1. The molecule has 1 atom stereocenters. The molecule has 0 aromatic carbocycles. The van der Waals surface area contributed by atoms with Gasteiger partial charge in [-0.3, -0.25) is 4.79 Å². The highest BCUT2D eigenvalue weighted by atomic mass is 16.4. The Morgan fingerprint density at radius 1 is 1.47 bits per heavy atom. The lowest BCUT2D eigenvalue weighted by Gasteiger charge is -2.34. The van der Waals surface area contributed by atoms with Gasteiger partial charge in [-0.15, -0.1) is 0 Å². The number of rotatable bonds is 2. The van der Waals surface area contributed by atoms with Gasteiger partial charge in [-0.1, -0.05) is 13.8 Å². The third-order valence-electron chi connectivity index (χ3n) is 3.35. The smallest absolute Gasteiger partial charge is 0.336 e. The minimum atomic E-state index is -1.19. The number of primary amides is 1.